The smallest absolute Gasteiger partial charge is 0.318 e. The largest absolute Gasteiger partial charge is 0.327 e. The third-order valence-electron chi connectivity index (χ3n) is 4.21. The molecular weight excluding hydrogens is 338 g/mol. The van der Waals surface area contributed by atoms with E-state index in [0.29, 0.717) is 17.3 Å². The van der Waals surface area contributed by atoms with Gasteiger partial charge >= 0.3 is 6.03 Å². The van der Waals surface area contributed by atoms with Crippen molar-refractivity contribution in [3.8, 4) is 17.1 Å². The number of aromatic nitrogens is 7. The molecule has 1 aliphatic rings. The second-order valence-electron chi connectivity index (χ2n) is 6.16. The lowest BCUT2D eigenvalue weighted by Gasteiger charge is -2.13. The standard InChI is InChI=1S/C15H17N9O2/c1-9-11(5-16-19-9)14-18-12(7-23-13(25)8-21(2)15(23)26)24(20-14)10-4-17-22(3)6-10/h4-6H,7-8H2,1-3H3,(H,16,19). The van der Waals surface area contributed by atoms with Crippen LogP contribution in [0.1, 0.15) is 11.5 Å². The van der Waals surface area contributed by atoms with Crippen LogP contribution in [0.2, 0.25) is 0 Å². The van der Waals surface area contributed by atoms with Gasteiger partial charge in [0.25, 0.3) is 5.91 Å². The van der Waals surface area contributed by atoms with Gasteiger partial charge in [0.05, 0.1) is 30.7 Å². The first-order chi connectivity index (χ1) is 12.4. The van der Waals surface area contributed by atoms with Crippen molar-refractivity contribution >= 4 is 11.9 Å². The summed E-state index contributed by atoms with van der Waals surface area (Å²) in [6.45, 7) is 1.96. The number of likely N-dealkylation sites (N-methyl/N-ethyl adjacent to an activating group) is 1. The number of nitrogens with one attached hydrogen (secondary N) is 1. The van der Waals surface area contributed by atoms with Crippen LogP contribution in [0.25, 0.3) is 17.1 Å². The molecule has 1 aliphatic heterocycles. The molecule has 0 unspecified atom stereocenters. The summed E-state index contributed by atoms with van der Waals surface area (Å²) in [6.07, 6.45) is 5.07. The highest BCUT2D eigenvalue weighted by Crippen LogP contribution is 2.22. The van der Waals surface area contributed by atoms with Gasteiger partial charge in [0.1, 0.15) is 12.2 Å². The van der Waals surface area contributed by atoms with Crippen molar-refractivity contribution in [1.82, 2.24) is 44.5 Å². The summed E-state index contributed by atoms with van der Waals surface area (Å²) in [4.78, 5) is 31.4. The molecule has 1 N–H and O–H groups in total. The third-order valence-corrected chi connectivity index (χ3v) is 4.21. The molecule has 0 aliphatic carbocycles. The molecule has 3 amide bonds. The average Bonchev–Trinajstić information content (AvgIpc) is 3.34. The number of hydrogen-bond acceptors (Lipinski definition) is 6. The highest BCUT2D eigenvalue weighted by Gasteiger charge is 2.35. The number of carbonyl (C=O) groups excluding carboxylic acids is 2. The van der Waals surface area contributed by atoms with Gasteiger partial charge in [0.15, 0.2) is 11.6 Å². The molecule has 0 spiro atoms. The molecular formula is C15H17N9O2. The number of H-pyrrole nitrogens is 1. The lowest BCUT2D eigenvalue weighted by molar-refractivity contribution is -0.125. The molecule has 4 heterocycles. The molecule has 1 fully saturated rings. The number of hydrogen-bond donors (Lipinski definition) is 1. The van der Waals surface area contributed by atoms with E-state index < -0.39 is 0 Å². The van der Waals surface area contributed by atoms with E-state index in [9.17, 15) is 9.59 Å². The van der Waals surface area contributed by atoms with Crippen LogP contribution in [0.5, 0.6) is 0 Å². The number of amides is 3. The molecule has 0 bridgehead atoms. The van der Waals surface area contributed by atoms with Gasteiger partial charge in [-0.05, 0) is 6.92 Å². The summed E-state index contributed by atoms with van der Waals surface area (Å²) in [5.41, 5.74) is 2.27. The maximum atomic E-state index is 12.2. The third kappa shape index (κ3) is 2.53. The Labute approximate surface area is 148 Å². The zero-order chi connectivity index (χ0) is 18.4. The number of aryl methyl sites for hydroxylation is 2. The molecule has 11 nitrogen and oxygen atoms in total. The van der Waals surface area contributed by atoms with Gasteiger partial charge in [-0.1, -0.05) is 0 Å². The molecule has 0 aromatic carbocycles. The molecule has 3 aromatic rings. The maximum Gasteiger partial charge on any atom is 0.327 e. The minimum atomic E-state index is -0.350. The Morgan fingerprint density at radius 2 is 2.04 bits per heavy atom. The van der Waals surface area contributed by atoms with Crippen LogP contribution in [0.3, 0.4) is 0 Å². The fourth-order valence-corrected chi connectivity index (χ4v) is 2.83. The van der Waals surface area contributed by atoms with E-state index in [0.717, 1.165) is 11.3 Å². The van der Waals surface area contributed by atoms with Crippen molar-refractivity contribution < 1.29 is 9.59 Å². The molecule has 1 saturated heterocycles. The first-order valence-electron chi connectivity index (χ1n) is 7.95. The minimum absolute atomic E-state index is 0.0286. The van der Waals surface area contributed by atoms with Crippen LogP contribution in [0.15, 0.2) is 18.6 Å². The van der Waals surface area contributed by atoms with Gasteiger partial charge < -0.3 is 4.90 Å². The Balaban J connectivity index is 1.77. The van der Waals surface area contributed by atoms with E-state index in [4.69, 9.17) is 0 Å². The molecule has 134 valence electrons. The molecule has 3 aromatic heterocycles. The highest BCUT2D eigenvalue weighted by molar-refractivity contribution is 6.01. The van der Waals surface area contributed by atoms with E-state index in [2.05, 4.69) is 25.4 Å². The Morgan fingerprint density at radius 3 is 2.62 bits per heavy atom. The van der Waals surface area contributed by atoms with Crippen LogP contribution in [-0.4, -0.2) is 70.1 Å². The fourth-order valence-electron chi connectivity index (χ4n) is 2.83. The Bertz CT molecular complexity index is 999. The molecule has 0 radical (unpaired) electrons. The summed E-state index contributed by atoms with van der Waals surface area (Å²) < 4.78 is 3.23. The van der Waals surface area contributed by atoms with Crippen LogP contribution in [0.4, 0.5) is 4.79 Å². The van der Waals surface area contributed by atoms with Crippen molar-refractivity contribution in [2.75, 3.05) is 13.6 Å². The van der Waals surface area contributed by atoms with Crippen LogP contribution >= 0.6 is 0 Å². The van der Waals surface area contributed by atoms with E-state index in [1.54, 1.807) is 42.0 Å². The van der Waals surface area contributed by atoms with Crippen molar-refractivity contribution in [3.63, 3.8) is 0 Å². The van der Waals surface area contributed by atoms with Gasteiger partial charge in [-0.15, -0.1) is 5.10 Å². The van der Waals surface area contributed by atoms with Gasteiger partial charge in [0, 0.05) is 19.8 Å². The first-order valence-corrected chi connectivity index (χ1v) is 7.95. The Hall–Kier alpha value is -3.50. The lowest BCUT2D eigenvalue weighted by Crippen LogP contribution is -2.32. The van der Waals surface area contributed by atoms with Gasteiger partial charge in [-0.2, -0.15) is 10.2 Å². The van der Waals surface area contributed by atoms with Crippen LogP contribution in [-0.2, 0) is 18.4 Å². The average molecular weight is 355 g/mol. The Morgan fingerprint density at radius 1 is 1.23 bits per heavy atom. The molecule has 0 saturated carbocycles. The molecule has 11 heteroatoms. The number of aromatic amines is 1. The zero-order valence-corrected chi connectivity index (χ0v) is 14.5. The highest BCUT2D eigenvalue weighted by atomic mass is 16.2. The molecule has 4 rings (SSSR count). The van der Waals surface area contributed by atoms with E-state index in [-0.39, 0.29) is 25.0 Å². The zero-order valence-electron chi connectivity index (χ0n) is 14.5. The maximum absolute atomic E-state index is 12.2. The van der Waals surface area contributed by atoms with Crippen LogP contribution < -0.4 is 0 Å². The number of urea groups is 1. The second kappa shape index (κ2) is 5.79. The minimum Gasteiger partial charge on any atom is -0.318 e. The summed E-state index contributed by atoms with van der Waals surface area (Å²) in [6, 6.07) is -0.350. The SMILES string of the molecule is Cc1[nH]ncc1-c1nc(CN2C(=O)CN(C)C2=O)n(-c2cnn(C)c2)n1. The summed E-state index contributed by atoms with van der Waals surface area (Å²) in [5, 5.41) is 15.5. The van der Waals surface area contributed by atoms with E-state index in [1.165, 1.54) is 9.80 Å². The van der Waals surface area contributed by atoms with Gasteiger partial charge in [0.2, 0.25) is 0 Å². The number of imide groups is 1. The quantitative estimate of drug-likeness (QED) is 0.663. The number of nitrogens with zero attached hydrogens (tertiary/aromatic N) is 8. The van der Waals surface area contributed by atoms with Gasteiger partial charge in [-0.3, -0.25) is 19.5 Å². The molecule has 26 heavy (non-hydrogen) atoms. The van der Waals surface area contributed by atoms with E-state index >= 15 is 0 Å². The summed E-state index contributed by atoms with van der Waals surface area (Å²) in [7, 11) is 3.38. The Kier molecular flexibility index (Phi) is 3.56. The topological polar surface area (TPSA) is 118 Å². The summed E-state index contributed by atoms with van der Waals surface area (Å²) >= 11 is 0. The fraction of sp³-hybridized carbons (Fsp3) is 0.333. The van der Waals surface area contributed by atoms with E-state index in [1.807, 2.05) is 6.92 Å². The number of rotatable bonds is 4. The predicted molar refractivity (Wildman–Crippen MR) is 89.0 cm³/mol. The predicted octanol–water partition coefficient (Wildman–Crippen LogP) is 0.0933. The van der Waals surface area contributed by atoms with Crippen molar-refractivity contribution in [2.24, 2.45) is 7.05 Å². The van der Waals surface area contributed by atoms with Crippen LogP contribution in [0, 0.1) is 6.92 Å². The van der Waals surface area contributed by atoms with Gasteiger partial charge in [-0.25, -0.2) is 14.5 Å². The van der Waals surface area contributed by atoms with Crippen molar-refractivity contribution in [1.29, 1.82) is 0 Å². The second-order valence-corrected chi connectivity index (χ2v) is 6.16. The lowest BCUT2D eigenvalue weighted by atomic mass is 10.2. The van der Waals surface area contributed by atoms with Crippen molar-refractivity contribution in [3.05, 3.63) is 30.1 Å². The summed E-state index contributed by atoms with van der Waals surface area (Å²) in [5.74, 6) is 0.660. The normalized spacial score (nSPS) is 14.7. The monoisotopic (exact) mass is 355 g/mol. The van der Waals surface area contributed by atoms with Crippen molar-refractivity contribution in [2.45, 2.75) is 13.5 Å². The number of carbonyl (C=O) groups is 2. The molecule has 0 atom stereocenters. The first kappa shape index (κ1) is 16.0.